The van der Waals surface area contributed by atoms with E-state index in [1.54, 1.807) is 0 Å². The molecule has 0 aromatic heterocycles. The number of anilines is 1. The first kappa shape index (κ1) is 16.1. The quantitative estimate of drug-likeness (QED) is 0.855. The van der Waals surface area contributed by atoms with E-state index < -0.39 is 0 Å². The van der Waals surface area contributed by atoms with Gasteiger partial charge in [0.15, 0.2) is 0 Å². The van der Waals surface area contributed by atoms with E-state index in [1.807, 2.05) is 23.1 Å². The number of piperidine rings is 1. The average molecular weight is 328 g/mol. The first-order valence-electron chi connectivity index (χ1n) is 9.44. The molecule has 0 N–H and O–H groups in total. The van der Waals surface area contributed by atoms with Gasteiger partial charge in [-0.2, -0.15) is 0 Å². The summed E-state index contributed by atoms with van der Waals surface area (Å²) in [4.78, 5) is 17.8. The maximum absolute atomic E-state index is 13.2. The molecular formula is C20H28N2O2. The number of hydrogen-bond donors (Lipinski definition) is 0. The third-order valence-electron chi connectivity index (χ3n) is 6.09. The van der Waals surface area contributed by atoms with Gasteiger partial charge in [-0.05, 0) is 56.7 Å². The van der Waals surface area contributed by atoms with E-state index >= 15 is 0 Å². The molecule has 1 unspecified atom stereocenters. The number of amides is 1. The zero-order chi connectivity index (χ0) is 16.4. The van der Waals surface area contributed by atoms with E-state index in [0.29, 0.717) is 5.91 Å². The van der Waals surface area contributed by atoms with Gasteiger partial charge >= 0.3 is 0 Å². The lowest BCUT2D eigenvalue weighted by Crippen LogP contribution is -2.49. The molecule has 0 radical (unpaired) electrons. The van der Waals surface area contributed by atoms with Crippen LogP contribution in [0.1, 0.15) is 32.1 Å². The van der Waals surface area contributed by atoms with Crippen molar-refractivity contribution in [2.75, 3.05) is 44.3 Å². The number of nitrogens with zero attached hydrogens (tertiary/aromatic N) is 2. The van der Waals surface area contributed by atoms with E-state index in [1.165, 1.54) is 12.8 Å². The summed E-state index contributed by atoms with van der Waals surface area (Å²) >= 11 is 0. The number of hydrogen-bond acceptors (Lipinski definition) is 3. The molecule has 0 aliphatic carbocycles. The van der Waals surface area contributed by atoms with Crippen molar-refractivity contribution < 1.29 is 9.53 Å². The van der Waals surface area contributed by atoms with Gasteiger partial charge in [0, 0.05) is 38.5 Å². The fourth-order valence-electron chi connectivity index (χ4n) is 4.73. The Labute approximate surface area is 144 Å². The summed E-state index contributed by atoms with van der Waals surface area (Å²) in [6.07, 6.45) is 5.56. The number of likely N-dealkylation sites (tertiary alicyclic amines) is 1. The van der Waals surface area contributed by atoms with Crippen molar-refractivity contribution in [3.05, 3.63) is 30.3 Å². The third kappa shape index (κ3) is 3.09. The highest BCUT2D eigenvalue weighted by atomic mass is 16.5. The SMILES string of the molecule is O=C1N(c2ccccc2)CCC12CCCN(CC1CCOCC1)C2. The molecule has 24 heavy (non-hydrogen) atoms. The van der Waals surface area contributed by atoms with Gasteiger partial charge < -0.3 is 14.5 Å². The predicted molar refractivity (Wildman–Crippen MR) is 95.1 cm³/mol. The molecule has 3 aliphatic rings. The molecule has 4 heteroatoms. The second-order valence-corrected chi connectivity index (χ2v) is 7.72. The Balaban J connectivity index is 1.44. The van der Waals surface area contributed by atoms with Crippen molar-refractivity contribution in [1.82, 2.24) is 4.90 Å². The minimum atomic E-state index is -0.140. The van der Waals surface area contributed by atoms with Crippen molar-refractivity contribution in [3.63, 3.8) is 0 Å². The molecule has 0 bridgehead atoms. The molecule has 1 spiro atoms. The lowest BCUT2D eigenvalue weighted by Gasteiger charge is -2.41. The van der Waals surface area contributed by atoms with Crippen LogP contribution in [-0.2, 0) is 9.53 Å². The maximum Gasteiger partial charge on any atom is 0.234 e. The molecule has 1 amide bonds. The minimum Gasteiger partial charge on any atom is -0.381 e. The van der Waals surface area contributed by atoms with E-state index in [-0.39, 0.29) is 5.41 Å². The molecule has 1 aromatic rings. The van der Waals surface area contributed by atoms with Gasteiger partial charge in [0.25, 0.3) is 0 Å². The monoisotopic (exact) mass is 328 g/mol. The molecule has 3 saturated heterocycles. The molecule has 1 aromatic carbocycles. The van der Waals surface area contributed by atoms with Crippen molar-refractivity contribution in [3.8, 4) is 0 Å². The zero-order valence-electron chi connectivity index (χ0n) is 14.5. The lowest BCUT2D eigenvalue weighted by molar-refractivity contribution is -0.128. The van der Waals surface area contributed by atoms with Gasteiger partial charge in [-0.25, -0.2) is 0 Å². The van der Waals surface area contributed by atoms with Crippen LogP contribution < -0.4 is 4.90 Å². The largest absolute Gasteiger partial charge is 0.381 e. The molecule has 3 fully saturated rings. The van der Waals surface area contributed by atoms with Crippen molar-refractivity contribution in [1.29, 1.82) is 0 Å². The van der Waals surface area contributed by atoms with Gasteiger partial charge in [-0.3, -0.25) is 4.79 Å². The molecule has 0 saturated carbocycles. The van der Waals surface area contributed by atoms with E-state index in [0.717, 1.165) is 70.3 Å². The number of ether oxygens (including phenoxy) is 1. The van der Waals surface area contributed by atoms with Crippen LogP contribution in [0.2, 0.25) is 0 Å². The molecule has 4 rings (SSSR count). The molecule has 130 valence electrons. The highest BCUT2D eigenvalue weighted by Crippen LogP contribution is 2.42. The Morgan fingerprint density at radius 3 is 2.67 bits per heavy atom. The highest BCUT2D eigenvalue weighted by molar-refractivity contribution is 6.00. The number of rotatable bonds is 3. The van der Waals surface area contributed by atoms with Gasteiger partial charge in [0.05, 0.1) is 5.41 Å². The minimum absolute atomic E-state index is 0.140. The fraction of sp³-hybridized carbons (Fsp3) is 0.650. The summed E-state index contributed by atoms with van der Waals surface area (Å²) < 4.78 is 5.48. The van der Waals surface area contributed by atoms with E-state index in [9.17, 15) is 4.79 Å². The second kappa shape index (κ2) is 6.85. The summed E-state index contributed by atoms with van der Waals surface area (Å²) in [5.74, 6) is 1.10. The topological polar surface area (TPSA) is 32.8 Å². The number of benzene rings is 1. The summed E-state index contributed by atoms with van der Waals surface area (Å²) in [5, 5.41) is 0. The molecule has 3 heterocycles. The Morgan fingerprint density at radius 2 is 1.88 bits per heavy atom. The fourth-order valence-corrected chi connectivity index (χ4v) is 4.73. The lowest BCUT2D eigenvalue weighted by atomic mass is 9.78. The first-order chi connectivity index (χ1) is 11.8. The van der Waals surface area contributed by atoms with Crippen LogP contribution in [0.25, 0.3) is 0 Å². The van der Waals surface area contributed by atoms with E-state index in [4.69, 9.17) is 4.74 Å². The highest BCUT2D eigenvalue weighted by Gasteiger charge is 2.49. The van der Waals surface area contributed by atoms with Crippen LogP contribution in [0.5, 0.6) is 0 Å². The van der Waals surface area contributed by atoms with Crippen molar-refractivity contribution >= 4 is 11.6 Å². The maximum atomic E-state index is 13.2. The zero-order valence-corrected chi connectivity index (χ0v) is 14.5. The summed E-state index contributed by atoms with van der Waals surface area (Å²) in [7, 11) is 0. The van der Waals surface area contributed by atoms with Crippen LogP contribution >= 0.6 is 0 Å². The standard InChI is InChI=1S/C20H28N2O2/c23-19-20(10-12-22(19)18-5-2-1-3-6-18)9-4-11-21(16-20)15-17-7-13-24-14-8-17/h1-3,5-6,17H,4,7-16H2. The normalized spacial score (nSPS) is 29.5. The van der Waals surface area contributed by atoms with Gasteiger partial charge in [0.2, 0.25) is 5.91 Å². The molecular weight excluding hydrogens is 300 g/mol. The van der Waals surface area contributed by atoms with E-state index in [2.05, 4.69) is 17.0 Å². The second-order valence-electron chi connectivity index (χ2n) is 7.72. The van der Waals surface area contributed by atoms with Gasteiger partial charge in [-0.1, -0.05) is 18.2 Å². The number of carbonyl (C=O) groups excluding carboxylic acids is 1. The Morgan fingerprint density at radius 1 is 1.08 bits per heavy atom. The van der Waals surface area contributed by atoms with Crippen LogP contribution in [0.15, 0.2) is 30.3 Å². The number of para-hydroxylation sites is 1. The van der Waals surface area contributed by atoms with Crippen LogP contribution in [0.4, 0.5) is 5.69 Å². The smallest absolute Gasteiger partial charge is 0.234 e. The van der Waals surface area contributed by atoms with Crippen molar-refractivity contribution in [2.45, 2.75) is 32.1 Å². The molecule has 3 aliphatic heterocycles. The van der Waals surface area contributed by atoms with Gasteiger partial charge in [0.1, 0.15) is 0 Å². The Kier molecular flexibility index (Phi) is 4.59. The molecule has 4 nitrogen and oxygen atoms in total. The summed E-state index contributed by atoms with van der Waals surface area (Å²) in [6, 6.07) is 10.2. The number of carbonyl (C=O) groups is 1. The Bertz CT molecular complexity index is 570. The molecule has 1 atom stereocenters. The third-order valence-corrected chi connectivity index (χ3v) is 6.09. The van der Waals surface area contributed by atoms with Crippen LogP contribution in [0, 0.1) is 11.3 Å². The predicted octanol–water partition coefficient (Wildman–Crippen LogP) is 2.93. The summed E-state index contributed by atoms with van der Waals surface area (Å²) in [6.45, 7) is 5.93. The van der Waals surface area contributed by atoms with Crippen molar-refractivity contribution in [2.24, 2.45) is 11.3 Å². The first-order valence-corrected chi connectivity index (χ1v) is 9.44. The van der Waals surface area contributed by atoms with Crippen LogP contribution in [0.3, 0.4) is 0 Å². The van der Waals surface area contributed by atoms with Crippen LogP contribution in [-0.4, -0.2) is 50.2 Å². The average Bonchev–Trinajstić information content (AvgIpc) is 2.93. The Hall–Kier alpha value is -1.39. The summed E-state index contributed by atoms with van der Waals surface area (Å²) in [5.41, 5.74) is 0.917. The van der Waals surface area contributed by atoms with Gasteiger partial charge in [-0.15, -0.1) is 0 Å².